The summed E-state index contributed by atoms with van der Waals surface area (Å²) < 4.78 is 1.95. The minimum atomic E-state index is 0.698. The normalized spacial score (nSPS) is 17.5. The molecule has 2 aliphatic heterocycles. The molecule has 8 heteroatoms. The molecule has 8 nitrogen and oxygen atoms in total. The molecule has 0 aliphatic carbocycles. The zero-order chi connectivity index (χ0) is 26.6. The fourth-order valence-corrected chi connectivity index (χ4v) is 5.80. The Hall–Kier alpha value is -3.62. The van der Waals surface area contributed by atoms with Crippen molar-refractivity contribution in [3.05, 3.63) is 78.6 Å². The Labute approximate surface area is 231 Å². The van der Waals surface area contributed by atoms with Gasteiger partial charge >= 0.3 is 0 Å². The molecule has 6 rings (SSSR count). The molecule has 202 valence electrons. The van der Waals surface area contributed by atoms with Gasteiger partial charge in [0.1, 0.15) is 11.5 Å². The van der Waals surface area contributed by atoms with Gasteiger partial charge in [-0.15, -0.1) is 0 Å². The summed E-state index contributed by atoms with van der Waals surface area (Å²) in [5.41, 5.74) is 6.32. The lowest BCUT2D eigenvalue weighted by atomic mass is 10.0. The van der Waals surface area contributed by atoms with Gasteiger partial charge < -0.3 is 9.80 Å². The summed E-state index contributed by atoms with van der Waals surface area (Å²) in [5, 5.41) is 4.78. The van der Waals surface area contributed by atoms with E-state index in [9.17, 15) is 0 Å². The summed E-state index contributed by atoms with van der Waals surface area (Å²) in [4.78, 5) is 21.5. The van der Waals surface area contributed by atoms with Gasteiger partial charge in [0.05, 0.1) is 5.69 Å². The van der Waals surface area contributed by atoms with Crippen molar-refractivity contribution >= 4 is 5.69 Å². The van der Waals surface area contributed by atoms with Gasteiger partial charge in [-0.1, -0.05) is 12.1 Å². The number of aromatic nitrogens is 5. The van der Waals surface area contributed by atoms with Crippen LogP contribution < -0.4 is 4.90 Å². The van der Waals surface area contributed by atoms with E-state index in [2.05, 4.69) is 69.1 Å². The molecule has 1 aromatic carbocycles. The van der Waals surface area contributed by atoms with Crippen LogP contribution in [-0.4, -0.2) is 86.9 Å². The fourth-order valence-electron chi connectivity index (χ4n) is 5.80. The van der Waals surface area contributed by atoms with E-state index in [-0.39, 0.29) is 0 Å². The predicted molar refractivity (Wildman–Crippen MR) is 156 cm³/mol. The Kier molecular flexibility index (Phi) is 7.65. The number of nitrogens with zero attached hydrogens (tertiary/aromatic N) is 8. The van der Waals surface area contributed by atoms with Crippen LogP contribution in [0.5, 0.6) is 0 Å². The molecule has 2 saturated heterocycles. The highest BCUT2D eigenvalue weighted by molar-refractivity contribution is 5.78. The molecule has 4 aromatic rings. The summed E-state index contributed by atoms with van der Waals surface area (Å²) in [6.45, 7) is 9.97. The number of hydrogen-bond acceptors (Lipinski definition) is 7. The molecule has 2 aliphatic rings. The Morgan fingerprint density at radius 3 is 2.41 bits per heavy atom. The highest BCUT2D eigenvalue weighted by atomic mass is 15.3. The lowest BCUT2D eigenvalue weighted by molar-refractivity contribution is 0.0982. The predicted octanol–water partition coefficient (Wildman–Crippen LogP) is 4.23. The van der Waals surface area contributed by atoms with Crippen LogP contribution in [-0.2, 0) is 13.0 Å². The van der Waals surface area contributed by atoms with Crippen LogP contribution in [0.1, 0.15) is 31.2 Å². The van der Waals surface area contributed by atoms with Crippen LogP contribution in [0.25, 0.3) is 22.5 Å². The van der Waals surface area contributed by atoms with E-state index in [4.69, 9.17) is 10.1 Å². The summed E-state index contributed by atoms with van der Waals surface area (Å²) in [6.07, 6.45) is 10.8. The van der Waals surface area contributed by atoms with E-state index in [0.717, 1.165) is 54.0 Å². The third kappa shape index (κ3) is 5.87. The maximum atomic E-state index is 4.94. The van der Waals surface area contributed by atoms with Gasteiger partial charge in [-0.3, -0.25) is 14.6 Å². The van der Waals surface area contributed by atoms with Crippen molar-refractivity contribution in [1.82, 2.24) is 34.5 Å². The van der Waals surface area contributed by atoms with Crippen molar-refractivity contribution in [3.63, 3.8) is 0 Å². The number of pyridine rings is 1. The van der Waals surface area contributed by atoms with Crippen molar-refractivity contribution in [2.45, 2.75) is 38.8 Å². The molecular weight excluding hydrogens is 484 g/mol. The number of likely N-dealkylation sites (N-methyl/N-ethyl adjacent to an activating group) is 1. The first-order valence-electron chi connectivity index (χ1n) is 14.2. The van der Waals surface area contributed by atoms with Crippen molar-refractivity contribution in [2.24, 2.45) is 0 Å². The van der Waals surface area contributed by atoms with Gasteiger partial charge in [0, 0.05) is 99.9 Å². The van der Waals surface area contributed by atoms with Crippen molar-refractivity contribution < 1.29 is 0 Å². The quantitative estimate of drug-likeness (QED) is 0.360. The third-order valence-electron chi connectivity index (χ3n) is 8.18. The number of piperidine rings is 1. The Morgan fingerprint density at radius 2 is 1.69 bits per heavy atom. The second kappa shape index (κ2) is 11.6. The molecule has 39 heavy (non-hydrogen) atoms. The van der Waals surface area contributed by atoms with Gasteiger partial charge in [-0.05, 0) is 62.7 Å². The average Bonchev–Trinajstić information content (AvgIpc) is 3.44. The summed E-state index contributed by atoms with van der Waals surface area (Å²) in [6, 6.07) is 15.7. The maximum absolute atomic E-state index is 4.94. The van der Waals surface area contributed by atoms with Crippen molar-refractivity contribution in [1.29, 1.82) is 0 Å². The van der Waals surface area contributed by atoms with Crippen LogP contribution in [0.3, 0.4) is 0 Å². The lowest BCUT2D eigenvalue weighted by Crippen LogP contribution is -2.52. The molecule has 0 amide bonds. The third-order valence-corrected chi connectivity index (χ3v) is 8.18. The molecule has 0 unspecified atom stereocenters. The molecule has 0 saturated carbocycles. The molecular formula is C31H38N8. The van der Waals surface area contributed by atoms with Crippen LogP contribution in [0.15, 0.2) is 67.3 Å². The SMILES string of the molecule is CCn1cc(-c2ccnc(Cc3ccc(N4CCC(N5CCN(C)CC5)CC4)cc3)n2)c(-c2cccnc2)n1. The molecule has 0 bridgehead atoms. The van der Waals surface area contributed by atoms with Crippen LogP contribution >= 0.6 is 0 Å². The van der Waals surface area contributed by atoms with E-state index in [1.807, 2.05) is 35.3 Å². The number of hydrogen-bond donors (Lipinski definition) is 0. The maximum Gasteiger partial charge on any atom is 0.133 e. The highest BCUT2D eigenvalue weighted by Gasteiger charge is 2.26. The minimum absolute atomic E-state index is 0.698. The number of anilines is 1. The smallest absolute Gasteiger partial charge is 0.133 e. The number of rotatable bonds is 7. The second-order valence-corrected chi connectivity index (χ2v) is 10.7. The van der Waals surface area contributed by atoms with Crippen molar-refractivity contribution in [2.75, 3.05) is 51.2 Å². The number of piperazine rings is 1. The average molecular weight is 523 g/mol. The number of aryl methyl sites for hydroxylation is 1. The first-order chi connectivity index (χ1) is 19.2. The summed E-state index contributed by atoms with van der Waals surface area (Å²) in [7, 11) is 2.23. The Morgan fingerprint density at radius 1 is 0.897 bits per heavy atom. The molecule has 2 fully saturated rings. The largest absolute Gasteiger partial charge is 0.371 e. The minimum Gasteiger partial charge on any atom is -0.371 e. The molecule has 5 heterocycles. The van der Waals surface area contributed by atoms with E-state index in [0.29, 0.717) is 6.42 Å². The van der Waals surface area contributed by atoms with Crippen LogP contribution in [0.4, 0.5) is 5.69 Å². The zero-order valence-electron chi connectivity index (χ0n) is 23.1. The van der Waals surface area contributed by atoms with E-state index in [1.54, 1.807) is 6.20 Å². The van der Waals surface area contributed by atoms with E-state index >= 15 is 0 Å². The molecule has 3 aromatic heterocycles. The van der Waals surface area contributed by atoms with E-state index in [1.165, 1.54) is 50.3 Å². The lowest BCUT2D eigenvalue weighted by Gasteiger charge is -2.42. The topological polar surface area (TPSA) is 66.2 Å². The fraction of sp³-hybridized carbons (Fsp3) is 0.419. The highest BCUT2D eigenvalue weighted by Crippen LogP contribution is 2.30. The van der Waals surface area contributed by atoms with Gasteiger partial charge in [0.2, 0.25) is 0 Å². The Bertz CT molecular complexity index is 1350. The van der Waals surface area contributed by atoms with E-state index < -0.39 is 0 Å². The molecule has 0 radical (unpaired) electrons. The first-order valence-corrected chi connectivity index (χ1v) is 14.2. The summed E-state index contributed by atoms with van der Waals surface area (Å²) in [5.74, 6) is 0.814. The summed E-state index contributed by atoms with van der Waals surface area (Å²) >= 11 is 0. The number of benzene rings is 1. The van der Waals surface area contributed by atoms with Gasteiger partial charge in [-0.2, -0.15) is 5.10 Å². The van der Waals surface area contributed by atoms with Gasteiger partial charge in [-0.25, -0.2) is 9.97 Å². The monoisotopic (exact) mass is 522 g/mol. The molecule has 0 N–H and O–H groups in total. The first kappa shape index (κ1) is 25.6. The van der Waals surface area contributed by atoms with Crippen LogP contribution in [0.2, 0.25) is 0 Å². The van der Waals surface area contributed by atoms with Crippen LogP contribution in [0, 0.1) is 0 Å². The van der Waals surface area contributed by atoms with Gasteiger partial charge in [0.25, 0.3) is 0 Å². The van der Waals surface area contributed by atoms with Gasteiger partial charge in [0.15, 0.2) is 0 Å². The second-order valence-electron chi connectivity index (χ2n) is 10.7. The zero-order valence-corrected chi connectivity index (χ0v) is 23.1. The van der Waals surface area contributed by atoms with Crippen molar-refractivity contribution in [3.8, 4) is 22.5 Å². The standard InChI is InChI=1S/C31H38N8/c1-3-39-23-28(31(35-39)25-5-4-13-32-22-25)29-10-14-33-30(34-29)21-24-6-8-26(9-7-24)37-15-11-27(12-16-37)38-19-17-36(2)18-20-38/h4-10,13-14,22-23,27H,3,11-12,15-21H2,1-2H3. The molecule has 0 spiro atoms. The molecule has 0 atom stereocenters. The Balaban J connectivity index is 1.11.